The summed E-state index contributed by atoms with van der Waals surface area (Å²) in [6.45, 7) is -0.377. The molecule has 0 radical (unpaired) electrons. The van der Waals surface area contributed by atoms with Gasteiger partial charge in [-0.3, -0.25) is 0 Å². The summed E-state index contributed by atoms with van der Waals surface area (Å²) >= 11 is 0. The lowest BCUT2D eigenvalue weighted by atomic mass is 10.1. The van der Waals surface area contributed by atoms with Crippen LogP contribution in [0.15, 0.2) is 17.0 Å². The third kappa shape index (κ3) is 3.07. The molecule has 2 rings (SSSR count). The molecule has 1 aromatic carbocycles. The van der Waals surface area contributed by atoms with Crippen LogP contribution in [-0.2, 0) is 16.3 Å². The minimum Gasteiger partial charge on any atom is -0.493 e. The summed E-state index contributed by atoms with van der Waals surface area (Å²) in [5.41, 5.74) is -7.19. The number of rotatable bonds is 5. The highest BCUT2D eigenvalue weighted by atomic mass is 32.2. The van der Waals surface area contributed by atoms with Crippen LogP contribution in [0.5, 0.6) is 5.75 Å². The zero-order valence-electron chi connectivity index (χ0n) is 12.0. The van der Waals surface area contributed by atoms with Crippen molar-refractivity contribution in [3.8, 4) is 5.75 Å². The predicted octanol–water partition coefficient (Wildman–Crippen LogP) is 1.97. The standard InChI is InChI=1S/C13H13F5O5S/c14-12(15)6-7-8(23-5-1-4-19)2-3-9(10(7)11(12)20)24(21,22)13(16,17)18/h2-3,11,19-20H,1,4-6H2. The number of sulfone groups is 1. The topological polar surface area (TPSA) is 83.8 Å². The van der Waals surface area contributed by atoms with Crippen molar-refractivity contribution in [1.29, 1.82) is 0 Å². The van der Waals surface area contributed by atoms with Crippen LogP contribution in [0.25, 0.3) is 0 Å². The fourth-order valence-electron chi connectivity index (χ4n) is 2.39. The molecule has 11 heteroatoms. The number of fused-ring (bicyclic) bond motifs is 1. The summed E-state index contributed by atoms with van der Waals surface area (Å²) in [6, 6.07) is 1.32. The molecule has 1 aliphatic carbocycles. The van der Waals surface area contributed by atoms with Gasteiger partial charge in [0, 0.05) is 30.6 Å². The Morgan fingerprint density at radius 3 is 2.46 bits per heavy atom. The lowest BCUT2D eigenvalue weighted by molar-refractivity contribution is -0.0978. The van der Waals surface area contributed by atoms with E-state index in [0.717, 1.165) is 6.07 Å². The maximum Gasteiger partial charge on any atom is 0.501 e. The Morgan fingerprint density at radius 1 is 1.29 bits per heavy atom. The highest BCUT2D eigenvalue weighted by Crippen LogP contribution is 2.50. The molecule has 2 N–H and O–H groups in total. The molecule has 0 spiro atoms. The molecule has 5 nitrogen and oxygen atoms in total. The predicted molar refractivity (Wildman–Crippen MR) is 70.5 cm³/mol. The molecule has 0 saturated heterocycles. The zero-order chi connectivity index (χ0) is 18.3. The third-order valence-corrected chi connectivity index (χ3v) is 5.06. The third-order valence-electron chi connectivity index (χ3n) is 3.51. The molecule has 0 aromatic heterocycles. The van der Waals surface area contributed by atoms with Crippen molar-refractivity contribution >= 4 is 9.84 Å². The number of ether oxygens (including phenoxy) is 1. The Bertz CT molecular complexity index is 729. The van der Waals surface area contributed by atoms with E-state index < -0.39 is 49.8 Å². The number of alkyl halides is 5. The molecular formula is C13H13F5O5S. The van der Waals surface area contributed by atoms with Crippen LogP contribution in [0, 0.1) is 0 Å². The highest BCUT2D eigenvalue weighted by molar-refractivity contribution is 7.92. The van der Waals surface area contributed by atoms with Gasteiger partial charge in [0.15, 0.2) is 0 Å². The van der Waals surface area contributed by atoms with Crippen LogP contribution in [0.4, 0.5) is 22.0 Å². The molecule has 0 fully saturated rings. The van der Waals surface area contributed by atoms with Gasteiger partial charge in [-0.25, -0.2) is 17.2 Å². The van der Waals surface area contributed by atoms with Gasteiger partial charge in [0.1, 0.15) is 11.9 Å². The molecule has 0 saturated carbocycles. The van der Waals surface area contributed by atoms with Gasteiger partial charge in [-0.1, -0.05) is 0 Å². The normalized spacial score (nSPS) is 20.0. The number of aliphatic hydroxyl groups excluding tert-OH is 2. The smallest absolute Gasteiger partial charge is 0.493 e. The Morgan fingerprint density at radius 2 is 1.92 bits per heavy atom. The average Bonchev–Trinajstić information content (AvgIpc) is 2.69. The SMILES string of the molecule is O=S(=O)(c1ccc(OCCCO)c2c1C(O)C(F)(F)C2)C(F)(F)F. The number of benzene rings is 1. The van der Waals surface area contributed by atoms with Crippen LogP contribution in [-0.4, -0.2) is 43.3 Å². The van der Waals surface area contributed by atoms with Crippen LogP contribution < -0.4 is 4.74 Å². The highest BCUT2D eigenvalue weighted by Gasteiger charge is 2.55. The van der Waals surface area contributed by atoms with Crippen LogP contribution >= 0.6 is 0 Å². The summed E-state index contributed by atoms with van der Waals surface area (Å²) in [4.78, 5) is -1.41. The average molecular weight is 376 g/mol. The van der Waals surface area contributed by atoms with E-state index in [1.165, 1.54) is 0 Å². The van der Waals surface area contributed by atoms with Gasteiger partial charge in [-0.05, 0) is 12.1 Å². The first-order chi connectivity index (χ1) is 10.9. The Kier molecular flexibility index (Phi) is 4.81. The van der Waals surface area contributed by atoms with Crippen LogP contribution in [0.3, 0.4) is 0 Å². The summed E-state index contributed by atoms with van der Waals surface area (Å²) in [5, 5.41) is 18.3. The second kappa shape index (κ2) is 6.12. The Balaban J connectivity index is 2.61. The van der Waals surface area contributed by atoms with Gasteiger partial charge < -0.3 is 14.9 Å². The quantitative estimate of drug-likeness (QED) is 0.606. The number of hydrogen-bond acceptors (Lipinski definition) is 5. The molecule has 136 valence electrons. The first-order valence-electron chi connectivity index (χ1n) is 6.70. The van der Waals surface area contributed by atoms with E-state index in [9.17, 15) is 35.5 Å². The minimum absolute atomic E-state index is 0.115. The molecule has 1 unspecified atom stereocenters. The maximum absolute atomic E-state index is 13.7. The van der Waals surface area contributed by atoms with Crippen molar-refractivity contribution in [2.24, 2.45) is 0 Å². The van der Waals surface area contributed by atoms with E-state index in [1.54, 1.807) is 0 Å². The Labute approximate surface area is 133 Å². The van der Waals surface area contributed by atoms with Gasteiger partial charge in [0.05, 0.1) is 11.5 Å². The lowest BCUT2D eigenvalue weighted by Crippen LogP contribution is -2.26. The van der Waals surface area contributed by atoms with Gasteiger partial charge in [0.2, 0.25) is 0 Å². The molecule has 1 aromatic rings. The van der Waals surface area contributed by atoms with Crippen molar-refractivity contribution in [2.45, 2.75) is 35.3 Å². The van der Waals surface area contributed by atoms with Crippen LogP contribution in [0.1, 0.15) is 23.7 Å². The number of halogens is 5. The second-order valence-electron chi connectivity index (χ2n) is 5.17. The number of aliphatic hydroxyl groups is 2. The van der Waals surface area contributed by atoms with E-state index in [-0.39, 0.29) is 25.4 Å². The molecular weight excluding hydrogens is 363 g/mol. The molecule has 0 bridgehead atoms. The van der Waals surface area contributed by atoms with E-state index in [0.29, 0.717) is 6.07 Å². The molecule has 0 amide bonds. The van der Waals surface area contributed by atoms with E-state index in [1.807, 2.05) is 0 Å². The minimum atomic E-state index is -5.92. The summed E-state index contributed by atoms with van der Waals surface area (Å²) in [6.07, 6.45) is -3.71. The fraction of sp³-hybridized carbons (Fsp3) is 0.538. The first kappa shape index (κ1) is 18.9. The van der Waals surface area contributed by atoms with E-state index in [4.69, 9.17) is 9.84 Å². The van der Waals surface area contributed by atoms with Gasteiger partial charge in [0.25, 0.3) is 15.8 Å². The maximum atomic E-state index is 13.7. The van der Waals surface area contributed by atoms with Crippen molar-refractivity contribution in [3.05, 3.63) is 23.3 Å². The van der Waals surface area contributed by atoms with E-state index >= 15 is 0 Å². The summed E-state index contributed by atoms with van der Waals surface area (Å²) in [5.74, 6) is -4.08. The van der Waals surface area contributed by atoms with Crippen molar-refractivity contribution < 1.29 is 45.3 Å². The van der Waals surface area contributed by atoms with E-state index in [2.05, 4.69) is 0 Å². The van der Waals surface area contributed by atoms with Crippen molar-refractivity contribution in [2.75, 3.05) is 13.2 Å². The second-order valence-corrected chi connectivity index (χ2v) is 7.08. The molecule has 1 aliphatic rings. The summed E-state index contributed by atoms with van der Waals surface area (Å²) in [7, 11) is -5.92. The fourth-order valence-corrected chi connectivity index (χ4v) is 3.41. The largest absolute Gasteiger partial charge is 0.501 e. The van der Waals surface area contributed by atoms with Crippen molar-refractivity contribution in [1.82, 2.24) is 0 Å². The van der Waals surface area contributed by atoms with Crippen LogP contribution in [0.2, 0.25) is 0 Å². The summed E-state index contributed by atoms with van der Waals surface area (Å²) < 4.78 is 94.0. The molecule has 24 heavy (non-hydrogen) atoms. The first-order valence-corrected chi connectivity index (χ1v) is 8.18. The molecule has 0 heterocycles. The lowest BCUT2D eigenvalue weighted by Gasteiger charge is -2.17. The van der Waals surface area contributed by atoms with Crippen molar-refractivity contribution in [3.63, 3.8) is 0 Å². The van der Waals surface area contributed by atoms with Gasteiger partial charge in [-0.15, -0.1) is 0 Å². The monoisotopic (exact) mass is 376 g/mol. The van der Waals surface area contributed by atoms with Gasteiger partial charge in [-0.2, -0.15) is 13.2 Å². The molecule has 0 aliphatic heterocycles. The Hall–Kier alpha value is -1.46. The molecule has 1 atom stereocenters. The number of hydrogen-bond donors (Lipinski definition) is 2. The van der Waals surface area contributed by atoms with Gasteiger partial charge >= 0.3 is 5.51 Å². The zero-order valence-corrected chi connectivity index (χ0v) is 12.8.